The van der Waals surface area contributed by atoms with Gasteiger partial charge in [0, 0.05) is 41.3 Å². The lowest BCUT2D eigenvalue weighted by molar-refractivity contribution is -0.567. The van der Waals surface area contributed by atoms with Crippen molar-refractivity contribution in [2.75, 3.05) is 14.1 Å². The number of rotatable bonds is 6. The molecular formula is C47H43N4+. The van der Waals surface area contributed by atoms with Gasteiger partial charge in [0.05, 0.1) is 29.8 Å². The highest BCUT2D eigenvalue weighted by Gasteiger charge is 2.49. The highest BCUT2D eigenvalue weighted by Crippen LogP contribution is 2.56. The van der Waals surface area contributed by atoms with Crippen molar-refractivity contribution in [3.05, 3.63) is 167 Å². The molecule has 0 spiro atoms. The fraction of sp³-hybridized carbons (Fsp3) is 0.191. The minimum atomic E-state index is -0.429. The van der Waals surface area contributed by atoms with Crippen LogP contribution in [0.2, 0.25) is 0 Å². The van der Waals surface area contributed by atoms with Gasteiger partial charge in [-0.05, 0) is 38.9 Å². The van der Waals surface area contributed by atoms with Gasteiger partial charge in [-0.25, -0.2) is 4.58 Å². The van der Waals surface area contributed by atoms with Crippen LogP contribution in [0.3, 0.4) is 0 Å². The summed E-state index contributed by atoms with van der Waals surface area (Å²) in [6.45, 7) is 12.9. The van der Waals surface area contributed by atoms with E-state index in [2.05, 4.69) is 189 Å². The maximum absolute atomic E-state index is 5.31. The summed E-state index contributed by atoms with van der Waals surface area (Å²) in [6, 6.07) is 48.5. The quantitative estimate of drug-likeness (QED) is 0.0987. The summed E-state index contributed by atoms with van der Waals surface area (Å²) < 4.78 is 4.77. The molecule has 0 amide bonds. The van der Waals surface area contributed by atoms with Crippen LogP contribution in [-0.4, -0.2) is 40.7 Å². The number of fused-ring (bicyclic) bond motifs is 11. The number of nitrogens with zero attached hydrogens (tertiary/aromatic N) is 4. The van der Waals surface area contributed by atoms with Crippen LogP contribution < -0.4 is 0 Å². The molecule has 9 rings (SSSR count). The van der Waals surface area contributed by atoms with Gasteiger partial charge in [-0.2, -0.15) is 0 Å². The minimum absolute atomic E-state index is 0.182. The van der Waals surface area contributed by atoms with Gasteiger partial charge in [0.1, 0.15) is 19.6 Å². The first-order chi connectivity index (χ1) is 24.7. The van der Waals surface area contributed by atoms with Crippen molar-refractivity contribution < 1.29 is 4.58 Å². The monoisotopic (exact) mass is 663 g/mol. The molecule has 6 aromatic carbocycles. The van der Waals surface area contributed by atoms with E-state index in [-0.39, 0.29) is 5.41 Å². The Hall–Kier alpha value is -5.74. The van der Waals surface area contributed by atoms with E-state index in [0.717, 1.165) is 11.4 Å². The zero-order valence-electron chi connectivity index (χ0n) is 30.1. The fourth-order valence-corrected chi connectivity index (χ4v) is 9.12. The predicted molar refractivity (Wildman–Crippen MR) is 213 cm³/mol. The van der Waals surface area contributed by atoms with Crippen molar-refractivity contribution >= 4 is 34.4 Å². The van der Waals surface area contributed by atoms with Crippen LogP contribution in [-0.2, 0) is 24.2 Å². The van der Waals surface area contributed by atoms with Gasteiger partial charge < -0.3 is 9.47 Å². The summed E-state index contributed by atoms with van der Waals surface area (Å²) in [5, 5.41) is 2.56. The Balaban J connectivity index is 1.35. The van der Waals surface area contributed by atoms with E-state index in [1.54, 1.807) is 0 Å². The van der Waals surface area contributed by atoms with Gasteiger partial charge in [-0.15, -0.1) is 0 Å². The lowest BCUT2D eigenvalue weighted by Gasteiger charge is -2.28. The van der Waals surface area contributed by atoms with Crippen LogP contribution in [0.5, 0.6) is 0 Å². The van der Waals surface area contributed by atoms with Crippen molar-refractivity contribution in [1.29, 1.82) is 0 Å². The standard InChI is InChI=1S/C47H43N4/c1-46(2)39-23-15-13-21-33(39)35-25-27-37-38-28-26-36-34-22-14-16-24-40(34)47(3,49(4)5)42(36)44(38)51(43(37)41(35)46)30-50(6)45(32-19-11-8-12-20-32)48-29-31-17-9-7-10-18-31/h7-28H,4,29-30H2,1-3,5-6H3/q+1. The number of hydrogen-bond donors (Lipinski definition) is 0. The Morgan fingerprint density at radius 1 is 0.647 bits per heavy atom. The summed E-state index contributed by atoms with van der Waals surface area (Å²) in [7, 11) is 4.31. The molecule has 4 nitrogen and oxygen atoms in total. The van der Waals surface area contributed by atoms with E-state index in [1.807, 2.05) is 0 Å². The number of aromatic nitrogens is 1. The Labute approximate surface area is 300 Å². The van der Waals surface area contributed by atoms with Crippen LogP contribution in [0, 0.1) is 0 Å². The van der Waals surface area contributed by atoms with Crippen LogP contribution in [0.25, 0.3) is 44.1 Å². The Morgan fingerprint density at radius 2 is 1.18 bits per heavy atom. The topological polar surface area (TPSA) is 23.5 Å². The van der Waals surface area contributed by atoms with Gasteiger partial charge in [0.25, 0.3) is 0 Å². The molecule has 0 bridgehead atoms. The Bertz CT molecular complexity index is 2560. The molecule has 0 fully saturated rings. The van der Waals surface area contributed by atoms with Gasteiger partial charge in [0.15, 0.2) is 0 Å². The van der Waals surface area contributed by atoms with Crippen molar-refractivity contribution in [2.24, 2.45) is 4.99 Å². The molecule has 0 radical (unpaired) electrons. The smallest absolute Gasteiger partial charge is 0.212 e. The van der Waals surface area contributed by atoms with E-state index < -0.39 is 5.54 Å². The molecule has 1 aromatic heterocycles. The third kappa shape index (κ3) is 4.45. The lowest BCUT2D eigenvalue weighted by Crippen LogP contribution is -2.34. The van der Waals surface area contributed by atoms with E-state index in [1.165, 1.54) is 71.9 Å². The third-order valence-corrected chi connectivity index (χ3v) is 11.7. The van der Waals surface area contributed by atoms with Gasteiger partial charge in [-0.1, -0.05) is 147 Å². The number of hydrogen-bond acceptors (Lipinski definition) is 1. The molecule has 2 aliphatic rings. The average Bonchev–Trinajstić information content (AvgIpc) is 3.70. The van der Waals surface area contributed by atoms with E-state index >= 15 is 0 Å². The normalized spacial score (nSPS) is 16.9. The molecule has 0 saturated heterocycles. The SMILES string of the molecule is C=[N+](C)C1(C)c2ccccc2-c2ccc3c4ccc5c(c4n(CN(C)C(=NCc4ccccc4)c4ccccc4)c3c21)C(C)(C)c1ccccc1-5. The summed E-state index contributed by atoms with van der Waals surface area (Å²) in [5.41, 5.74) is 14.8. The highest BCUT2D eigenvalue weighted by molar-refractivity contribution is 6.15. The van der Waals surface area contributed by atoms with Crippen LogP contribution in [0.15, 0.2) is 138 Å². The van der Waals surface area contributed by atoms with E-state index in [4.69, 9.17) is 4.99 Å². The molecule has 0 N–H and O–H groups in total. The van der Waals surface area contributed by atoms with Crippen molar-refractivity contribution in [2.45, 2.75) is 44.9 Å². The zero-order valence-corrected chi connectivity index (χ0v) is 30.1. The zero-order chi connectivity index (χ0) is 35.1. The lowest BCUT2D eigenvalue weighted by atomic mass is 9.81. The van der Waals surface area contributed by atoms with Crippen LogP contribution in [0.1, 0.15) is 54.2 Å². The number of amidine groups is 1. The number of aliphatic imine (C=N–C) groups is 1. The van der Waals surface area contributed by atoms with E-state index in [0.29, 0.717) is 13.2 Å². The van der Waals surface area contributed by atoms with Gasteiger partial charge >= 0.3 is 0 Å². The maximum atomic E-state index is 5.31. The summed E-state index contributed by atoms with van der Waals surface area (Å²) in [4.78, 5) is 7.66. The molecule has 1 atom stereocenters. The first kappa shape index (κ1) is 31.3. The third-order valence-electron chi connectivity index (χ3n) is 11.7. The molecule has 2 aliphatic carbocycles. The van der Waals surface area contributed by atoms with Crippen molar-refractivity contribution in [3.63, 3.8) is 0 Å². The second kappa shape index (κ2) is 11.4. The highest BCUT2D eigenvalue weighted by atomic mass is 15.3. The first-order valence-corrected chi connectivity index (χ1v) is 17.9. The molecule has 4 heteroatoms. The van der Waals surface area contributed by atoms with Crippen LogP contribution in [0.4, 0.5) is 0 Å². The molecule has 250 valence electrons. The largest absolute Gasteiger partial charge is 0.341 e. The second-order valence-electron chi connectivity index (χ2n) is 15.0. The molecule has 0 saturated carbocycles. The molecule has 7 aromatic rings. The van der Waals surface area contributed by atoms with Crippen molar-refractivity contribution in [3.8, 4) is 22.3 Å². The number of benzene rings is 6. The average molecular weight is 664 g/mol. The molecule has 51 heavy (non-hydrogen) atoms. The van der Waals surface area contributed by atoms with Crippen LogP contribution >= 0.6 is 0 Å². The van der Waals surface area contributed by atoms with Gasteiger partial charge in [0.2, 0.25) is 5.54 Å². The Kier molecular flexibility index (Phi) is 6.98. The van der Waals surface area contributed by atoms with Crippen molar-refractivity contribution in [1.82, 2.24) is 9.47 Å². The van der Waals surface area contributed by atoms with E-state index in [9.17, 15) is 0 Å². The molecule has 1 unspecified atom stereocenters. The molecule has 0 aliphatic heterocycles. The summed E-state index contributed by atoms with van der Waals surface area (Å²) in [5.74, 6) is 0.970. The first-order valence-electron chi connectivity index (χ1n) is 17.9. The maximum Gasteiger partial charge on any atom is 0.212 e. The minimum Gasteiger partial charge on any atom is -0.341 e. The predicted octanol–water partition coefficient (Wildman–Crippen LogP) is 10.2. The summed E-state index contributed by atoms with van der Waals surface area (Å²) >= 11 is 0. The van der Waals surface area contributed by atoms with Gasteiger partial charge in [-0.3, -0.25) is 4.99 Å². The Morgan fingerprint density at radius 3 is 1.82 bits per heavy atom. The molecular weight excluding hydrogens is 621 g/mol. The second-order valence-corrected chi connectivity index (χ2v) is 15.0. The summed E-state index contributed by atoms with van der Waals surface area (Å²) in [6.07, 6.45) is 0. The molecule has 1 heterocycles. The fourth-order valence-electron chi connectivity index (χ4n) is 9.12.